The number of carbonyl (C=O) groups is 1. The van der Waals surface area contributed by atoms with Gasteiger partial charge in [0, 0.05) is 23.7 Å². The topological polar surface area (TPSA) is 46.6 Å². The van der Waals surface area contributed by atoms with Crippen LogP contribution in [0.3, 0.4) is 0 Å². The van der Waals surface area contributed by atoms with Crippen LogP contribution in [0.5, 0.6) is 0 Å². The first-order valence-corrected chi connectivity index (χ1v) is 14.4. The summed E-state index contributed by atoms with van der Waals surface area (Å²) >= 11 is 0. The monoisotopic (exact) mass is 507 g/mol. The molecule has 0 aromatic heterocycles. The van der Waals surface area contributed by atoms with E-state index in [4.69, 9.17) is 4.74 Å². The number of esters is 1. The van der Waals surface area contributed by atoms with Crippen LogP contribution in [-0.2, 0) is 19.3 Å². The van der Waals surface area contributed by atoms with Crippen LogP contribution >= 0.6 is 7.29 Å². The molecule has 4 nitrogen and oxygen atoms in total. The maximum Gasteiger partial charge on any atom is 0.305 e. The number of ether oxygens (including phenoxy) is 1. The molecular weight excluding hydrogens is 477 g/mol. The third kappa shape index (κ3) is 3.40. The highest BCUT2D eigenvalue weighted by atomic mass is 31.2. The van der Waals surface area contributed by atoms with Crippen LogP contribution in [0.2, 0.25) is 0 Å². The van der Waals surface area contributed by atoms with Gasteiger partial charge in [-0.05, 0) is 47.0 Å². The van der Waals surface area contributed by atoms with Crippen LogP contribution < -0.4 is 5.30 Å². The van der Waals surface area contributed by atoms with Gasteiger partial charge in [-0.15, -0.1) is 0 Å². The van der Waals surface area contributed by atoms with Gasteiger partial charge in [-0.2, -0.15) is 0 Å². The van der Waals surface area contributed by atoms with Gasteiger partial charge in [0.15, 0.2) is 7.29 Å². The van der Waals surface area contributed by atoms with Crippen LogP contribution in [0.4, 0.5) is 0 Å². The molecule has 1 heterocycles. The summed E-state index contributed by atoms with van der Waals surface area (Å²) in [5.74, 6) is -0.375. The van der Waals surface area contributed by atoms with Crippen LogP contribution in [-0.4, -0.2) is 24.8 Å². The van der Waals surface area contributed by atoms with E-state index >= 15 is 4.57 Å². The molecule has 1 unspecified atom stereocenters. The van der Waals surface area contributed by atoms with E-state index in [0.717, 1.165) is 32.8 Å². The first kappa shape index (κ1) is 23.9. The Kier molecular flexibility index (Phi) is 5.90. The Bertz CT molecular complexity index is 1560. The fourth-order valence-electron chi connectivity index (χ4n) is 6.78. The number of hydrogen-bond donors (Lipinski definition) is 0. The van der Waals surface area contributed by atoms with Gasteiger partial charge in [0.1, 0.15) is 0 Å². The smallest absolute Gasteiger partial charge is 0.305 e. The van der Waals surface area contributed by atoms with Gasteiger partial charge in [0.05, 0.1) is 12.3 Å². The lowest BCUT2D eigenvalue weighted by atomic mass is 9.71. The molecular formula is C32H30NO3P. The zero-order valence-electron chi connectivity index (χ0n) is 21.1. The zero-order chi connectivity index (χ0) is 25.6. The highest BCUT2D eigenvalue weighted by molar-refractivity contribution is 7.71. The summed E-state index contributed by atoms with van der Waals surface area (Å²) in [5, 5.41) is 2.11. The first-order valence-electron chi connectivity index (χ1n) is 12.7. The van der Waals surface area contributed by atoms with E-state index in [1.54, 1.807) is 0 Å². The molecule has 0 N–H and O–H groups in total. The van der Waals surface area contributed by atoms with E-state index in [2.05, 4.69) is 59.3 Å². The van der Waals surface area contributed by atoms with Crippen molar-refractivity contribution >= 4 is 35.4 Å². The Hall–Kier alpha value is -3.46. The van der Waals surface area contributed by atoms with Gasteiger partial charge >= 0.3 is 5.97 Å². The maximum atomic E-state index is 16.2. The van der Waals surface area contributed by atoms with Crippen molar-refractivity contribution in [2.24, 2.45) is 5.92 Å². The molecule has 5 heteroatoms. The number of benzene rings is 4. The van der Waals surface area contributed by atoms with E-state index in [1.807, 2.05) is 61.6 Å². The molecule has 4 atom stereocenters. The number of fused-ring (bicyclic) bond motifs is 4. The summed E-state index contributed by atoms with van der Waals surface area (Å²) in [4.78, 5) is 12.6. The third-order valence-electron chi connectivity index (χ3n) is 8.36. The molecule has 0 amide bonds. The number of carbonyl (C=O) groups excluding carboxylic acids is 1. The lowest BCUT2D eigenvalue weighted by Gasteiger charge is -2.43. The van der Waals surface area contributed by atoms with Crippen molar-refractivity contribution in [3.8, 4) is 0 Å². The Morgan fingerprint density at radius 1 is 0.919 bits per heavy atom. The van der Waals surface area contributed by atoms with Gasteiger partial charge in [-0.3, -0.25) is 4.79 Å². The van der Waals surface area contributed by atoms with E-state index < -0.39 is 12.4 Å². The highest BCUT2D eigenvalue weighted by Gasteiger charge is 2.67. The number of rotatable bonds is 5. The molecule has 4 aromatic rings. The average molecular weight is 508 g/mol. The van der Waals surface area contributed by atoms with Crippen molar-refractivity contribution in [1.82, 2.24) is 4.67 Å². The van der Waals surface area contributed by atoms with Crippen molar-refractivity contribution < 1.29 is 14.1 Å². The van der Waals surface area contributed by atoms with Gasteiger partial charge in [-0.25, -0.2) is 4.67 Å². The fraction of sp³-hybridized carbons (Fsp3) is 0.219. The molecule has 1 saturated heterocycles. The minimum Gasteiger partial charge on any atom is -0.469 e. The van der Waals surface area contributed by atoms with E-state index in [-0.39, 0.29) is 24.3 Å². The average Bonchev–Trinajstić information content (AvgIpc) is 3.16. The summed E-state index contributed by atoms with van der Waals surface area (Å²) in [6, 6.07) is 32.8. The van der Waals surface area contributed by atoms with Crippen LogP contribution in [0.25, 0.3) is 16.8 Å². The minimum absolute atomic E-state index is 0.0933. The van der Waals surface area contributed by atoms with Crippen molar-refractivity contribution in [3.05, 3.63) is 120 Å². The lowest BCUT2D eigenvalue weighted by molar-refractivity contribution is -0.140. The second kappa shape index (κ2) is 9.13. The van der Waals surface area contributed by atoms with Crippen molar-refractivity contribution in [2.75, 3.05) is 14.2 Å². The van der Waals surface area contributed by atoms with E-state index in [9.17, 15) is 4.79 Å². The van der Waals surface area contributed by atoms with Crippen molar-refractivity contribution in [2.45, 2.75) is 24.0 Å². The molecule has 1 aliphatic heterocycles. The Morgan fingerprint density at radius 3 is 2.43 bits per heavy atom. The summed E-state index contributed by atoms with van der Waals surface area (Å²) in [6.45, 7) is 0. The molecule has 0 saturated carbocycles. The molecule has 2 aliphatic rings. The lowest BCUT2D eigenvalue weighted by Crippen LogP contribution is -2.37. The standard InChI is InChI=1S/C32H30NO3P/c1-33-31(25-13-4-3-5-14-25)28-20-19-24-12-7-9-17-27(24)32(28,22-21-30(34)36-2)37(33,35)29-18-10-15-23-11-6-8-16-26(23)29/h3-20,28,31H,21-22H2,1-2H3/t28-,31-,32-,37?/m0/s1. The second-order valence-corrected chi connectivity index (χ2v) is 13.0. The molecule has 37 heavy (non-hydrogen) atoms. The van der Waals surface area contributed by atoms with E-state index in [1.165, 1.54) is 7.11 Å². The van der Waals surface area contributed by atoms with Crippen LogP contribution in [0.15, 0.2) is 103 Å². The summed E-state index contributed by atoms with van der Waals surface area (Å²) in [7, 11) is 0.0617. The maximum absolute atomic E-state index is 16.2. The molecule has 4 aromatic carbocycles. The van der Waals surface area contributed by atoms with Gasteiger partial charge < -0.3 is 9.30 Å². The SMILES string of the molecule is COC(=O)CC[C@]12c3ccccc3C=C[C@H]1[C@H](c1ccccc1)N(C)P2(=O)c1cccc2ccccc12. The third-order valence-corrected chi connectivity index (χ3v) is 12.4. The Balaban J connectivity index is 1.71. The predicted molar refractivity (Wildman–Crippen MR) is 150 cm³/mol. The normalized spacial score (nSPS) is 26.5. The quantitative estimate of drug-likeness (QED) is 0.217. The van der Waals surface area contributed by atoms with E-state index in [0.29, 0.717) is 6.42 Å². The summed E-state index contributed by atoms with van der Waals surface area (Å²) in [6.07, 6.45) is 5.02. The van der Waals surface area contributed by atoms with Crippen LogP contribution in [0, 0.1) is 5.92 Å². The number of methoxy groups -OCH3 is 1. The highest BCUT2D eigenvalue weighted by Crippen LogP contribution is 2.80. The molecule has 0 spiro atoms. The zero-order valence-corrected chi connectivity index (χ0v) is 22.0. The van der Waals surface area contributed by atoms with Crippen molar-refractivity contribution in [3.63, 3.8) is 0 Å². The number of nitrogens with zero attached hydrogens (tertiary/aromatic N) is 1. The van der Waals surface area contributed by atoms with Crippen LogP contribution in [0.1, 0.15) is 35.6 Å². The molecule has 1 aliphatic carbocycles. The second-order valence-electron chi connectivity index (χ2n) is 9.98. The fourth-order valence-corrected chi connectivity index (χ4v) is 11.1. The minimum atomic E-state index is -3.37. The van der Waals surface area contributed by atoms with Gasteiger partial charge in [0.2, 0.25) is 0 Å². The van der Waals surface area contributed by atoms with Gasteiger partial charge in [0.25, 0.3) is 0 Å². The summed E-state index contributed by atoms with van der Waals surface area (Å²) < 4.78 is 23.5. The molecule has 0 radical (unpaired) electrons. The molecule has 1 fully saturated rings. The molecule has 6 rings (SSSR count). The Labute approximate surface area is 218 Å². The number of hydrogen-bond acceptors (Lipinski definition) is 3. The van der Waals surface area contributed by atoms with Gasteiger partial charge in [-0.1, -0.05) is 103 Å². The first-order chi connectivity index (χ1) is 18.0. The largest absolute Gasteiger partial charge is 0.469 e. The van der Waals surface area contributed by atoms with Crippen molar-refractivity contribution in [1.29, 1.82) is 0 Å². The molecule has 0 bridgehead atoms. The predicted octanol–water partition coefficient (Wildman–Crippen LogP) is 6.92. The molecule has 186 valence electrons. The Morgan fingerprint density at radius 2 is 1.62 bits per heavy atom. The summed E-state index contributed by atoms with van der Waals surface area (Å²) in [5.41, 5.74) is 3.23.